The fourth-order valence-corrected chi connectivity index (χ4v) is 5.13. The van der Waals surface area contributed by atoms with E-state index < -0.39 is 10.0 Å². The minimum absolute atomic E-state index is 0.356. The third-order valence-electron chi connectivity index (χ3n) is 5.10. The number of fused-ring (bicyclic) bond motifs is 1. The van der Waals surface area contributed by atoms with Crippen molar-refractivity contribution < 1.29 is 8.42 Å². The average Bonchev–Trinajstić information content (AvgIpc) is 3.17. The molecule has 5 nitrogen and oxygen atoms in total. The summed E-state index contributed by atoms with van der Waals surface area (Å²) >= 11 is 0. The molecule has 0 atom stereocenters. The second-order valence-corrected chi connectivity index (χ2v) is 8.54. The number of rotatable bonds is 3. The van der Waals surface area contributed by atoms with Crippen LogP contribution in [0.25, 0.3) is 0 Å². The van der Waals surface area contributed by atoms with E-state index >= 15 is 0 Å². The Morgan fingerprint density at radius 3 is 2.12 bits per heavy atom. The Bertz CT molecular complexity index is 858. The van der Waals surface area contributed by atoms with E-state index in [0.29, 0.717) is 18.0 Å². The first kappa shape index (κ1) is 16.3. The molecule has 0 amide bonds. The lowest BCUT2D eigenvalue weighted by Crippen LogP contribution is -2.42. The van der Waals surface area contributed by atoms with Gasteiger partial charge in [0.25, 0.3) is 10.0 Å². The molecule has 0 spiro atoms. The van der Waals surface area contributed by atoms with Crippen molar-refractivity contribution in [2.24, 2.45) is 0 Å². The van der Waals surface area contributed by atoms with Crippen LogP contribution in [0.4, 0.5) is 17.1 Å². The highest BCUT2D eigenvalue weighted by Gasteiger charge is 2.30. The van der Waals surface area contributed by atoms with Crippen LogP contribution in [0.1, 0.15) is 12.8 Å². The van der Waals surface area contributed by atoms with Crippen LogP contribution in [0.15, 0.2) is 53.4 Å². The van der Waals surface area contributed by atoms with Crippen LogP contribution in [-0.4, -0.2) is 41.6 Å². The van der Waals surface area contributed by atoms with E-state index in [2.05, 4.69) is 9.80 Å². The maximum atomic E-state index is 13.2. The molecule has 2 heterocycles. The molecule has 0 aliphatic carbocycles. The summed E-state index contributed by atoms with van der Waals surface area (Å²) in [4.78, 5) is 4.76. The third kappa shape index (κ3) is 2.84. The molecule has 4 rings (SSSR count). The minimum atomic E-state index is -3.55. The van der Waals surface area contributed by atoms with Gasteiger partial charge >= 0.3 is 0 Å². The van der Waals surface area contributed by atoms with Gasteiger partial charge in [-0.05, 0) is 49.2 Å². The summed E-state index contributed by atoms with van der Waals surface area (Å²) in [6.07, 6.45) is 2.41. The van der Waals surface area contributed by atoms with Crippen molar-refractivity contribution in [2.45, 2.75) is 17.7 Å². The van der Waals surface area contributed by atoms with Crippen LogP contribution >= 0.6 is 0 Å². The second kappa shape index (κ2) is 6.26. The van der Waals surface area contributed by atoms with Crippen molar-refractivity contribution >= 4 is 27.1 Å². The molecular weight excluding hydrogens is 334 g/mol. The van der Waals surface area contributed by atoms with E-state index in [4.69, 9.17) is 0 Å². The van der Waals surface area contributed by atoms with E-state index in [1.54, 1.807) is 12.1 Å². The Hall–Kier alpha value is -2.21. The predicted octanol–water partition coefficient (Wildman–Crippen LogP) is 2.93. The number of sulfonamides is 1. The standard InChI is InChI=1S/C19H23N3O2S/c1-20-14-15-22(19-7-3-2-6-18(19)20)25(23,24)17-10-8-16(9-11-17)21-12-4-5-13-21/h2-3,6-11H,4-5,12-15H2,1H3. The van der Waals surface area contributed by atoms with Gasteiger partial charge in [-0.15, -0.1) is 0 Å². The van der Waals surface area contributed by atoms with Crippen molar-refractivity contribution in [2.75, 3.05) is 47.3 Å². The minimum Gasteiger partial charge on any atom is -0.372 e. The third-order valence-corrected chi connectivity index (χ3v) is 6.92. The molecule has 2 aliphatic rings. The van der Waals surface area contributed by atoms with Crippen LogP contribution in [-0.2, 0) is 10.0 Å². The molecule has 6 heteroatoms. The molecule has 132 valence electrons. The van der Waals surface area contributed by atoms with Gasteiger partial charge in [-0.3, -0.25) is 4.31 Å². The van der Waals surface area contributed by atoms with Crippen LogP contribution in [0.5, 0.6) is 0 Å². The van der Waals surface area contributed by atoms with Gasteiger partial charge in [0.15, 0.2) is 0 Å². The molecule has 0 aromatic heterocycles. The number of anilines is 3. The number of hydrogen-bond acceptors (Lipinski definition) is 4. The Kier molecular flexibility index (Phi) is 4.07. The highest BCUT2D eigenvalue weighted by molar-refractivity contribution is 7.92. The van der Waals surface area contributed by atoms with Crippen molar-refractivity contribution in [1.82, 2.24) is 0 Å². The zero-order valence-electron chi connectivity index (χ0n) is 14.4. The van der Waals surface area contributed by atoms with Gasteiger partial charge in [-0.1, -0.05) is 12.1 Å². The Balaban J connectivity index is 1.67. The lowest BCUT2D eigenvalue weighted by molar-refractivity contribution is 0.589. The molecule has 0 radical (unpaired) electrons. The molecule has 0 N–H and O–H groups in total. The molecule has 0 unspecified atom stereocenters. The van der Waals surface area contributed by atoms with Crippen molar-refractivity contribution in [1.29, 1.82) is 0 Å². The summed E-state index contributed by atoms with van der Waals surface area (Å²) in [6.45, 7) is 3.25. The molecule has 0 bridgehead atoms. The summed E-state index contributed by atoms with van der Waals surface area (Å²) in [5, 5.41) is 0. The number of likely N-dealkylation sites (N-methyl/N-ethyl adjacent to an activating group) is 1. The zero-order chi connectivity index (χ0) is 17.4. The Morgan fingerprint density at radius 2 is 1.44 bits per heavy atom. The molecule has 25 heavy (non-hydrogen) atoms. The topological polar surface area (TPSA) is 43.9 Å². The van der Waals surface area contributed by atoms with Gasteiger partial charge in [-0.25, -0.2) is 8.42 Å². The quantitative estimate of drug-likeness (QED) is 0.847. The second-order valence-electron chi connectivity index (χ2n) is 6.68. The first-order valence-electron chi connectivity index (χ1n) is 8.75. The summed E-state index contributed by atoms with van der Waals surface area (Å²) < 4.78 is 27.9. The monoisotopic (exact) mass is 357 g/mol. The van der Waals surface area contributed by atoms with Gasteiger partial charge in [-0.2, -0.15) is 0 Å². The van der Waals surface area contributed by atoms with E-state index in [1.165, 1.54) is 17.1 Å². The largest absolute Gasteiger partial charge is 0.372 e. The van der Waals surface area contributed by atoms with Crippen LogP contribution < -0.4 is 14.1 Å². The zero-order valence-corrected chi connectivity index (χ0v) is 15.2. The fraction of sp³-hybridized carbons (Fsp3) is 0.368. The number of benzene rings is 2. The molecule has 2 aromatic carbocycles. The molecule has 0 saturated carbocycles. The van der Waals surface area contributed by atoms with E-state index in [9.17, 15) is 8.42 Å². The predicted molar refractivity (Wildman–Crippen MR) is 102 cm³/mol. The fourth-order valence-electron chi connectivity index (χ4n) is 3.66. The first-order valence-corrected chi connectivity index (χ1v) is 10.2. The lowest BCUT2D eigenvalue weighted by atomic mass is 10.2. The highest BCUT2D eigenvalue weighted by Crippen LogP contribution is 2.35. The molecular formula is C19H23N3O2S. The SMILES string of the molecule is CN1CCN(S(=O)(=O)c2ccc(N3CCCC3)cc2)c2ccccc21. The van der Waals surface area contributed by atoms with E-state index in [0.717, 1.165) is 30.2 Å². The normalized spacial score (nSPS) is 17.7. The Morgan fingerprint density at radius 1 is 0.800 bits per heavy atom. The molecule has 2 aliphatic heterocycles. The van der Waals surface area contributed by atoms with Gasteiger partial charge in [0.1, 0.15) is 0 Å². The summed E-state index contributed by atoms with van der Waals surface area (Å²) in [7, 11) is -1.56. The van der Waals surface area contributed by atoms with Gasteiger partial charge in [0.05, 0.1) is 22.8 Å². The van der Waals surface area contributed by atoms with Crippen molar-refractivity contribution in [3.05, 3.63) is 48.5 Å². The van der Waals surface area contributed by atoms with Crippen LogP contribution in [0, 0.1) is 0 Å². The lowest BCUT2D eigenvalue weighted by Gasteiger charge is -2.36. The maximum Gasteiger partial charge on any atom is 0.264 e. The van der Waals surface area contributed by atoms with Gasteiger partial charge in [0, 0.05) is 32.4 Å². The number of para-hydroxylation sites is 2. The summed E-state index contributed by atoms with van der Waals surface area (Å²) in [5.41, 5.74) is 2.81. The smallest absolute Gasteiger partial charge is 0.264 e. The number of nitrogens with zero attached hydrogens (tertiary/aromatic N) is 3. The van der Waals surface area contributed by atoms with Crippen molar-refractivity contribution in [3.8, 4) is 0 Å². The van der Waals surface area contributed by atoms with E-state index in [1.807, 2.05) is 43.4 Å². The highest BCUT2D eigenvalue weighted by atomic mass is 32.2. The van der Waals surface area contributed by atoms with Gasteiger partial charge in [0.2, 0.25) is 0 Å². The Labute approximate surface area is 149 Å². The van der Waals surface area contributed by atoms with E-state index in [-0.39, 0.29) is 0 Å². The van der Waals surface area contributed by atoms with Gasteiger partial charge < -0.3 is 9.80 Å². The molecule has 1 fully saturated rings. The maximum absolute atomic E-state index is 13.2. The first-order chi connectivity index (χ1) is 12.1. The van der Waals surface area contributed by atoms with Crippen LogP contribution in [0.3, 0.4) is 0 Å². The molecule has 1 saturated heterocycles. The summed E-state index contributed by atoms with van der Waals surface area (Å²) in [5.74, 6) is 0. The van der Waals surface area contributed by atoms with Crippen LogP contribution in [0.2, 0.25) is 0 Å². The average molecular weight is 357 g/mol. The molecule has 2 aromatic rings. The number of hydrogen-bond donors (Lipinski definition) is 0. The van der Waals surface area contributed by atoms with Crippen molar-refractivity contribution in [3.63, 3.8) is 0 Å². The summed E-state index contributed by atoms with van der Waals surface area (Å²) in [6, 6.07) is 15.0.